The fourth-order valence-corrected chi connectivity index (χ4v) is 3.22. The maximum absolute atomic E-state index is 12.4. The normalized spacial score (nSPS) is 11.9. The quantitative estimate of drug-likeness (QED) is 0.819. The minimum atomic E-state index is -3.53. The van der Waals surface area contributed by atoms with Gasteiger partial charge in [-0.1, -0.05) is 18.8 Å². The lowest BCUT2D eigenvalue weighted by atomic mass is 10.0. The smallest absolute Gasteiger partial charge is 0.241 e. The maximum Gasteiger partial charge on any atom is 0.241 e. The molecule has 0 atom stereocenters. The molecule has 1 aromatic carbocycles. The zero-order valence-electron chi connectivity index (χ0n) is 13.0. The molecule has 0 radical (unpaired) electrons. The van der Waals surface area contributed by atoms with E-state index >= 15 is 0 Å². The molecule has 0 bridgehead atoms. The molecule has 2 N–H and O–H groups in total. The van der Waals surface area contributed by atoms with Crippen LogP contribution in [0.15, 0.2) is 23.1 Å². The predicted molar refractivity (Wildman–Crippen MR) is 84.5 cm³/mol. The van der Waals surface area contributed by atoms with E-state index < -0.39 is 15.6 Å². The van der Waals surface area contributed by atoms with Crippen molar-refractivity contribution in [2.45, 2.75) is 51.0 Å². The third-order valence-electron chi connectivity index (χ3n) is 3.26. The van der Waals surface area contributed by atoms with Gasteiger partial charge in [-0.05, 0) is 51.0 Å². The van der Waals surface area contributed by atoms with Crippen LogP contribution in [0, 0.1) is 18.8 Å². The van der Waals surface area contributed by atoms with Gasteiger partial charge in [0.1, 0.15) is 0 Å². The minimum Gasteiger partial charge on any atom is -0.395 e. The van der Waals surface area contributed by atoms with Gasteiger partial charge in [0.25, 0.3) is 0 Å². The monoisotopic (exact) mass is 309 g/mol. The van der Waals surface area contributed by atoms with Crippen molar-refractivity contribution in [3.63, 3.8) is 0 Å². The zero-order chi connectivity index (χ0) is 16.1. The molecule has 0 aliphatic heterocycles. The van der Waals surface area contributed by atoms with Crippen molar-refractivity contribution in [2.24, 2.45) is 0 Å². The standard InChI is InChI=1S/C16H23NO3S/c1-5-16(3,4)17-21(19,20)15-10-9-14(13(2)12-15)8-6-7-11-18/h9-10,12,17-18H,5,7,11H2,1-4H3. The molecule has 0 aromatic heterocycles. The van der Waals surface area contributed by atoms with Gasteiger partial charge in [-0.15, -0.1) is 0 Å². The molecular formula is C16H23NO3S. The number of sulfonamides is 1. The Balaban J connectivity index is 3.06. The van der Waals surface area contributed by atoms with Crippen molar-refractivity contribution >= 4 is 10.0 Å². The number of aryl methyl sites for hydroxylation is 1. The molecule has 1 rings (SSSR count). The Morgan fingerprint density at radius 2 is 2.00 bits per heavy atom. The largest absolute Gasteiger partial charge is 0.395 e. The van der Waals surface area contributed by atoms with Crippen LogP contribution in [0.2, 0.25) is 0 Å². The lowest BCUT2D eigenvalue weighted by Gasteiger charge is -2.24. The average molecular weight is 309 g/mol. The SMILES string of the molecule is CCC(C)(C)NS(=O)(=O)c1ccc(C#CCCO)c(C)c1. The molecule has 0 heterocycles. The van der Waals surface area contributed by atoms with E-state index in [9.17, 15) is 8.42 Å². The molecule has 116 valence electrons. The van der Waals surface area contributed by atoms with Gasteiger partial charge in [0, 0.05) is 17.5 Å². The first-order chi connectivity index (χ1) is 9.72. The van der Waals surface area contributed by atoms with E-state index in [4.69, 9.17) is 5.11 Å². The lowest BCUT2D eigenvalue weighted by molar-refractivity contribution is 0.305. The Morgan fingerprint density at radius 3 is 2.52 bits per heavy atom. The number of aliphatic hydroxyl groups is 1. The van der Waals surface area contributed by atoms with E-state index in [0.29, 0.717) is 12.8 Å². The summed E-state index contributed by atoms with van der Waals surface area (Å²) in [5.74, 6) is 5.76. The summed E-state index contributed by atoms with van der Waals surface area (Å²) in [7, 11) is -3.53. The van der Waals surface area contributed by atoms with Gasteiger partial charge in [-0.3, -0.25) is 0 Å². The number of hydrogen-bond donors (Lipinski definition) is 2. The Bertz CT molecular complexity index is 652. The predicted octanol–water partition coefficient (Wildman–Crippen LogP) is 2.20. The van der Waals surface area contributed by atoms with E-state index in [1.807, 2.05) is 27.7 Å². The molecule has 4 nitrogen and oxygen atoms in total. The van der Waals surface area contributed by atoms with Gasteiger partial charge in [0.2, 0.25) is 10.0 Å². The van der Waals surface area contributed by atoms with E-state index in [0.717, 1.165) is 11.1 Å². The minimum absolute atomic E-state index is 0.0224. The molecule has 0 unspecified atom stereocenters. The van der Waals surface area contributed by atoms with Crippen LogP contribution in [-0.4, -0.2) is 25.7 Å². The summed E-state index contributed by atoms with van der Waals surface area (Å²) in [6.07, 6.45) is 1.11. The van der Waals surface area contributed by atoms with Gasteiger partial charge in [0.15, 0.2) is 0 Å². The van der Waals surface area contributed by atoms with Crippen molar-refractivity contribution in [1.29, 1.82) is 0 Å². The van der Waals surface area contributed by atoms with Crippen LogP contribution in [0.25, 0.3) is 0 Å². The summed E-state index contributed by atoms with van der Waals surface area (Å²) in [5.41, 5.74) is 1.10. The maximum atomic E-state index is 12.4. The van der Waals surface area contributed by atoms with E-state index in [2.05, 4.69) is 16.6 Å². The first-order valence-corrected chi connectivity index (χ1v) is 8.44. The van der Waals surface area contributed by atoms with E-state index in [1.165, 1.54) is 0 Å². The van der Waals surface area contributed by atoms with Gasteiger partial charge in [0.05, 0.1) is 11.5 Å². The highest BCUT2D eigenvalue weighted by molar-refractivity contribution is 7.89. The first kappa shape index (κ1) is 17.7. The summed E-state index contributed by atoms with van der Waals surface area (Å²) in [6.45, 7) is 7.49. The van der Waals surface area contributed by atoms with Crippen molar-refractivity contribution in [1.82, 2.24) is 4.72 Å². The molecule has 0 amide bonds. The average Bonchev–Trinajstić information content (AvgIpc) is 2.39. The molecule has 5 heteroatoms. The summed E-state index contributed by atoms with van der Waals surface area (Å²) in [5, 5.41) is 8.71. The molecule has 1 aromatic rings. The molecule has 0 spiro atoms. The number of nitrogens with one attached hydrogen (secondary N) is 1. The van der Waals surface area contributed by atoms with Crippen LogP contribution < -0.4 is 4.72 Å². The second kappa shape index (κ2) is 7.08. The van der Waals surface area contributed by atoms with Crippen LogP contribution in [0.1, 0.15) is 44.7 Å². The number of rotatable bonds is 5. The second-order valence-corrected chi connectivity index (χ2v) is 7.28. The molecular weight excluding hydrogens is 286 g/mol. The van der Waals surface area contributed by atoms with E-state index in [1.54, 1.807) is 18.2 Å². The summed E-state index contributed by atoms with van der Waals surface area (Å²) < 4.78 is 27.4. The van der Waals surface area contributed by atoms with Gasteiger partial charge in [-0.25, -0.2) is 13.1 Å². The van der Waals surface area contributed by atoms with Crippen LogP contribution in [0.4, 0.5) is 0 Å². The van der Waals surface area contributed by atoms with Crippen molar-refractivity contribution < 1.29 is 13.5 Å². The van der Waals surface area contributed by atoms with Crippen LogP contribution in [0.3, 0.4) is 0 Å². The number of aliphatic hydroxyl groups excluding tert-OH is 1. The van der Waals surface area contributed by atoms with Gasteiger partial charge < -0.3 is 5.11 Å². The van der Waals surface area contributed by atoms with E-state index in [-0.39, 0.29) is 11.5 Å². The van der Waals surface area contributed by atoms with Crippen molar-refractivity contribution in [3.8, 4) is 11.8 Å². The van der Waals surface area contributed by atoms with Crippen molar-refractivity contribution in [2.75, 3.05) is 6.61 Å². The molecule has 21 heavy (non-hydrogen) atoms. The second-order valence-electron chi connectivity index (χ2n) is 5.60. The third kappa shape index (κ3) is 5.16. The first-order valence-electron chi connectivity index (χ1n) is 6.96. The highest BCUT2D eigenvalue weighted by Gasteiger charge is 2.24. The summed E-state index contributed by atoms with van der Waals surface area (Å²) in [6, 6.07) is 4.88. The Morgan fingerprint density at radius 1 is 1.33 bits per heavy atom. The Labute approximate surface area is 127 Å². The van der Waals surface area contributed by atoms with Gasteiger partial charge in [-0.2, -0.15) is 0 Å². The molecule has 0 saturated heterocycles. The molecule has 0 fully saturated rings. The highest BCUT2D eigenvalue weighted by atomic mass is 32.2. The number of benzene rings is 1. The van der Waals surface area contributed by atoms with Crippen LogP contribution >= 0.6 is 0 Å². The zero-order valence-corrected chi connectivity index (χ0v) is 13.8. The molecule has 0 aliphatic carbocycles. The Kier molecular flexibility index (Phi) is 5.97. The highest BCUT2D eigenvalue weighted by Crippen LogP contribution is 2.18. The van der Waals surface area contributed by atoms with Crippen LogP contribution in [0.5, 0.6) is 0 Å². The summed E-state index contributed by atoms with van der Waals surface area (Å²) >= 11 is 0. The Hall–Kier alpha value is -1.35. The third-order valence-corrected chi connectivity index (χ3v) is 4.96. The fourth-order valence-electron chi connectivity index (χ4n) is 1.65. The fraction of sp³-hybridized carbons (Fsp3) is 0.500. The number of hydrogen-bond acceptors (Lipinski definition) is 3. The van der Waals surface area contributed by atoms with Gasteiger partial charge >= 0.3 is 0 Å². The summed E-state index contributed by atoms with van der Waals surface area (Å²) in [4.78, 5) is 0.245. The van der Waals surface area contributed by atoms with Crippen molar-refractivity contribution in [3.05, 3.63) is 29.3 Å². The molecule has 0 aliphatic rings. The topological polar surface area (TPSA) is 66.4 Å². The van der Waals surface area contributed by atoms with Crippen LogP contribution in [-0.2, 0) is 10.0 Å². The molecule has 0 saturated carbocycles. The lowest BCUT2D eigenvalue weighted by Crippen LogP contribution is -2.42.